The smallest absolute Gasteiger partial charge is 0.346 e. The Morgan fingerprint density at radius 3 is 2.72 bits per heavy atom. The van der Waals surface area contributed by atoms with E-state index in [-0.39, 0.29) is 28.0 Å². The maximum Gasteiger partial charge on any atom is 0.349 e. The van der Waals surface area contributed by atoms with E-state index in [1.807, 2.05) is 0 Å². The summed E-state index contributed by atoms with van der Waals surface area (Å²) >= 11 is 5.69. The third-order valence-corrected chi connectivity index (χ3v) is 5.34. The van der Waals surface area contributed by atoms with Gasteiger partial charge in [-0.1, -0.05) is 35.9 Å². The van der Waals surface area contributed by atoms with Crippen LogP contribution in [0.3, 0.4) is 0 Å². The van der Waals surface area contributed by atoms with Crippen LogP contribution in [0.15, 0.2) is 42.5 Å². The molecule has 2 N–H and O–H groups in total. The molecule has 7 nitrogen and oxygen atoms in total. The first-order chi connectivity index (χ1) is 16.7. The molecule has 1 atom stereocenters. The SMILES string of the molecule is [2H]N(Cc1ccc2c(c1)CN([C@@]1([2H])CC([2H])([2H])C(=O)NC1=O)C2=O)C(=O)C(F)(F)c1ccc(Cl)cc1. The second-order valence-corrected chi connectivity index (χ2v) is 7.61. The zero-order chi connectivity index (χ0) is 26.6. The number of imide groups is 1. The van der Waals surface area contributed by atoms with Crippen LogP contribution in [-0.4, -0.2) is 34.5 Å². The van der Waals surface area contributed by atoms with Crippen molar-refractivity contribution in [2.75, 3.05) is 0 Å². The van der Waals surface area contributed by atoms with E-state index in [1.54, 1.807) is 5.32 Å². The predicted octanol–water partition coefficient (Wildman–Crippen LogP) is 2.51. The highest BCUT2D eigenvalue weighted by molar-refractivity contribution is 6.30. The number of hydrogen-bond donors (Lipinski definition) is 2. The average Bonchev–Trinajstić information content (AvgIpc) is 3.13. The first-order valence-corrected chi connectivity index (χ1v) is 9.79. The van der Waals surface area contributed by atoms with Gasteiger partial charge in [0.1, 0.15) is 6.02 Å². The quantitative estimate of drug-likeness (QED) is 0.663. The van der Waals surface area contributed by atoms with E-state index in [1.165, 1.54) is 30.3 Å². The summed E-state index contributed by atoms with van der Waals surface area (Å²) in [5.41, 5.74) is -0.0184. The molecule has 32 heavy (non-hydrogen) atoms. The van der Waals surface area contributed by atoms with Crippen LogP contribution in [0.4, 0.5) is 8.78 Å². The molecule has 2 aliphatic heterocycles. The third-order valence-electron chi connectivity index (χ3n) is 5.09. The van der Waals surface area contributed by atoms with Crippen molar-refractivity contribution in [1.82, 2.24) is 15.5 Å². The highest BCUT2D eigenvalue weighted by Gasteiger charge is 2.41. The van der Waals surface area contributed by atoms with Crippen molar-refractivity contribution in [2.24, 2.45) is 0 Å². The summed E-state index contributed by atoms with van der Waals surface area (Å²) in [6, 6.07) is 6.00. The normalized spacial score (nSPS) is 24.1. The molecule has 0 spiro atoms. The summed E-state index contributed by atoms with van der Waals surface area (Å²) in [5.74, 6) is -8.86. The van der Waals surface area contributed by atoms with Crippen LogP contribution in [0, 0.1) is 0 Å². The Bertz CT molecular complexity index is 1290. The Morgan fingerprint density at radius 2 is 2.00 bits per heavy atom. The fourth-order valence-electron chi connectivity index (χ4n) is 3.42. The summed E-state index contributed by atoms with van der Waals surface area (Å²) in [7, 11) is 0. The van der Waals surface area contributed by atoms with E-state index >= 15 is 0 Å². The number of carbonyl (C=O) groups excluding carboxylic acids is 4. The molecule has 2 aliphatic rings. The molecule has 166 valence electrons. The minimum atomic E-state index is -3.99. The Hall–Kier alpha value is -3.33. The van der Waals surface area contributed by atoms with Crippen LogP contribution in [0.25, 0.3) is 0 Å². The fourth-order valence-corrected chi connectivity index (χ4v) is 3.54. The van der Waals surface area contributed by atoms with Crippen molar-refractivity contribution in [2.45, 2.75) is 37.8 Å². The molecule has 4 amide bonds. The summed E-state index contributed by atoms with van der Waals surface area (Å²) in [5, 5.41) is 2.08. The molecule has 0 aromatic heterocycles. The van der Waals surface area contributed by atoms with Gasteiger partial charge in [0.2, 0.25) is 11.8 Å². The minimum Gasteiger partial charge on any atom is -0.346 e. The standard InChI is InChI=1S/C22H18ClF2N3O4/c23-15-4-2-14(3-5-15)22(24,25)21(32)26-10-12-1-6-16-13(9-12)11-28(20(16)31)17-7-8-18(29)27-19(17)30/h1-6,9,17H,7-8,10-11H2,(H,26,32)(H,27,29,30)/t17-/m0/s1/i8D2,17D/hD. The lowest BCUT2D eigenvalue weighted by atomic mass is 10.0. The van der Waals surface area contributed by atoms with Gasteiger partial charge in [-0.3, -0.25) is 24.5 Å². The maximum atomic E-state index is 14.6. The average molecular weight is 466 g/mol. The van der Waals surface area contributed by atoms with Gasteiger partial charge in [-0.05, 0) is 35.7 Å². The molecule has 0 aliphatic carbocycles. The Kier molecular flexibility index (Phi) is 4.48. The number of nitrogens with one attached hydrogen (secondary N) is 2. The van der Waals surface area contributed by atoms with Gasteiger partial charge < -0.3 is 10.2 Å². The number of amides is 4. The Balaban J connectivity index is 1.52. The van der Waals surface area contributed by atoms with Crippen LogP contribution in [0.2, 0.25) is 6.43 Å². The van der Waals surface area contributed by atoms with Crippen LogP contribution >= 0.6 is 11.6 Å². The van der Waals surface area contributed by atoms with Gasteiger partial charge in [-0.15, -0.1) is 0 Å². The first kappa shape index (κ1) is 17.3. The van der Waals surface area contributed by atoms with Crippen molar-refractivity contribution in [3.8, 4) is 0 Å². The number of nitrogens with zero attached hydrogens (tertiary/aromatic N) is 1. The van der Waals surface area contributed by atoms with Gasteiger partial charge >= 0.3 is 5.92 Å². The van der Waals surface area contributed by atoms with E-state index in [0.29, 0.717) is 5.56 Å². The zero-order valence-electron chi connectivity index (χ0n) is 20.3. The molecule has 0 saturated carbocycles. The van der Waals surface area contributed by atoms with Gasteiger partial charge in [0.25, 0.3) is 11.8 Å². The number of fused-ring (bicyclic) bond motifs is 1. The first-order valence-electron chi connectivity index (χ1n) is 11.4. The van der Waals surface area contributed by atoms with Gasteiger partial charge in [-0.2, -0.15) is 8.78 Å². The molecule has 2 heterocycles. The molecule has 0 bridgehead atoms. The van der Waals surface area contributed by atoms with Crippen LogP contribution in [-0.2, 0) is 33.4 Å². The van der Waals surface area contributed by atoms with Gasteiger partial charge in [0.15, 0.2) is 1.41 Å². The number of benzene rings is 2. The summed E-state index contributed by atoms with van der Waals surface area (Å²) in [6.07, 6.45) is -3.43. The number of carbonyl (C=O) groups is 4. The number of piperidine rings is 1. The number of alkyl halides is 2. The van der Waals surface area contributed by atoms with E-state index in [4.69, 9.17) is 17.1 Å². The topological polar surface area (TPSA) is 95.6 Å². The number of hydrogen-bond acceptors (Lipinski definition) is 4. The predicted molar refractivity (Wildman–Crippen MR) is 110 cm³/mol. The second kappa shape index (κ2) is 8.31. The Morgan fingerprint density at radius 1 is 1.28 bits per heavy atom. The highest BCUT2D eigenvalue weighted by Crippen LogP contribution is 2.30. The van der Waals surface area contributed by atoms with Crippen molar-refractivity contribution in [3.63, 3.8) is 0 Å². The zero-order valence-corrected chi connectivity index (χ0v) is 17.1. The monoisotopic (exact) mass is 465 g/mol. The van der Waals surface area contributed by atoms with Gasteiger partial charge in [0.05, 0.1) is 1.37 Å². The summed E-state index contributed by atoms with van der Waals surface area (Å²) < 4.78 is 61.1. The largest absolute Gasteiger partial charge is 0.349 e. The molecular formula is C22H18ClF2N3O4. The molecule has 2 aromatic rings. The molecule has 1 saturated heterocycles. The van der Waals surface area contributed by atoms with Crippen molar-refractivity contribution in [3.05, 3.63) is 69.7 Å². The molecule has 0 radical (unpaired) electrons. The van der Waals surface area contributed by atoms with E-state index in [0.717, 1.165) is 17.0 Å². The highest BCUT2D eigenvalue weighted by atomic mass is 35.5. The fraction of sp³-hybridized carbons (Fsp3) is 0.273. The number of rotatable bonds is 5. The molecule has 1 fully saturated rings. The van der Waals surface area contributed by atoms with Crippen molar-refractivity contribution in [1.29, 1.82) is 0 Å². The van der Waals surface area contributed by atoms with Crippen LogP contribution in [0.1, 0.15) is 44.0 Å². The lowest BCUT2D eigenvalue weighted by molar-refractivity contribution is -0.147. The third kappa shape index (κ3) is 4.08. The van der Waals surface area contributed by atoms with Crippen molar-refractivity contribution >= 4 is 35.2 Å². The summed E-state index contributed by atoms with van der Waals surface area (Å²) in [6.45, 7) is -0.844. The second-order valence-electron chi connectivity index (χ2n) is 7.17. The van der Waals surface area contributed by atoms with Crippen molar-refractivity contribution < 1.29 is 33.5 Å². The number of halogens is 3. The Labute approximate surface area is 192 Å². The molecule has 10 heteroatoms. The lowest BCUT2D eigenvalue weighted by Crippen LogP contribution is -2.52. The van der Waals surface area contributed by atoms with E-state index in [9.17, 15) is 28.0 Å². The summed E-state index contributed by atoms with van der Waals surface area (Å²) in [4.78, 5) is 50.1. The van der Waals surface area contributed by atoms with E-state index < -0.39 is 60.5 Å². The minimum absolute atomic E-state index is 0.0880. The molecule has 4 rings (SSSR count). The molecular weight excluding hydrogens is 444 g/mol. The van der Waals surface area contributed by atoms with Gasteiger partial charge in [-0.25, -0.2) is 0 Å². The van der Waals surface area contributed by atoms with E-state index in [2.05, 4.69) is 0 Å². The lowest BCUT2D eigenvalue weighted by Gasteiger charge is -2.29. The molecule has 0 unspecified atom stereocenters. The maximum absolute atomic E-state index is 14.6. The van der Waals surface area contributed by atoms with Crippen LogP contribution in [0.5, 0.6) is 0 Å². The molecule has 2 aromatic carbocycles. The van der Waals surface area contributed by atoms with Crippen LogP contribution < -0.4 is 10.6 Å². The van der Waals surface area contributed by atoms with Gasteiger partial charge in [0, 0.05) is 38.4 Å².